The predicted octanol–water partition coefficient (Wildman–Crippen LogP) is 4.80. The van der Waals surface area contributed by atoms with Gasteiger partial charge in [0.2, 0.25) is 5.91 Å². The highest BCUT2D eigenvalue weighted by Crippen LogP contribution is 2.30. The highest BCUT2D eigenvalue weighted by molar-refractivity contribution is 5.94. The number of hydrogen-bond donors (Lipinski definition) is 2. The summed E-state index contributed by atoms with van der Waals surface area (Å²) in [6.45, 7) is 2.98. The lowest BCUT2D eigenvalue weighted by Gasteiger charge is -2.33. The number of para-hydroxylation sites is 2. The smallest absolute Gasteiger partial charge is 0.251 e. The summed E-state index contributed by atoms with van der Waals surface area (Å²) in [5.41, 5.74) is 10.3. The fraction of sp³-hybridized carbons (Fsp3) is 0.545. The van der Waals surface area contributed by atoms with Gasteiger partial charge in [-0.1, -0.05) is 43.5 Å². The largest absolute Gasteiger partial charge is 0.385 e. The van der Waals surface area contributed by atoms with Gasteiger partial charge in [0.1, 0.15) is 5.82 Å². The molecular weight excluding hydrogens is 514 g/mol. The summed E-state index contributed by atoms with van der Waals surface area (Å²) in [6, 6.07) is 15.9. The lowest BCUT2D eigenvalue weighted by Crippen LogP contribution is -2.42. The predicted molar refractivity (Wildman–Crippen MR) is 162 cm³/mol. The van der Waals surface area contributed by atoms with E-state index < -0.39 is 0 Å². The molecule has 5 rings (SSSR count). The number of methoxy groups -OCH3 is 1. The Bertz CT molecular complexity index is 1300. The second-order valence-electron chi connectivity index (χ2n) is 11.8. The number of hydrogen-bond acceptors (Lipinski definition) is 5. The molecule has 0 bridgehead atoms. The van der Waals surface area contributed by atoms with E-state index in [2.05, 4.69) is 28.1 Å². The van der Waals surface area contributed by atoms with Gasteiger partial charge in [-0.2, -0.15) is 0 Å². The van der Waals surface area contributed by atoms with E-state index in [0.29, 0.717) is 37.6 Å². The summed E-state index contributed by atoms with van der Waals surface area (Å²) in [4.78, 5) is 32.9. The molecule has 2 amide bonds. The van der Waals surface area contributed by atoms with E-state index in [1.54, 1.807) is 7.11 Å². The van der Waals surface area contributed by atoms with E-state index in [-0.39, 0.29) is 23.8 Å². The van der Waals surface area contributed by atoms with Crippen LogP contribution in [0.3, 0.4) is 0 Å². The van der Waals surface area contributed by atoms with Crippen LogP contribution in [-0.4, -0.2) is 65.2 Å². The normalized spacial score (nSPS) is 18.9. The second kappa shape index (κ2) is 14.1. The summed E-state index contributed by atoms with van der Waals surface area (Å²) in [5.74, 6) is 1.37. The van der Waals surface area contributed by atoms with Gasteiger partial charge in [-0.3, -0.25) is 9.59 Å². The highest BCUT2D eigenvalue weighted by atomic mass is 16.5. The number of aromatic nitrogens is 2. The summed E-state index contributed by atoms with van der Waals surface area (Å²) < 4.78 is 7.61. The number of aryl methyl sites for hydroxylation is 1. The quantitative estimate of drug-likeness (QED) is 0.329. The average Bonchev–Trinajstić information content (AvgIpc) is 3.37. The number of ether oxygens (including phenoxy) is 1. The van der Waals surface area contributed by atoms with Gasteiger partial charge in [0.15, 0.2) is 0 Å². The maximum Gasteiger partial charge on any atom is 0.251 e. The molecule has 0 radical (unpaired) electrons. The van der Waals surface area contributed by atoms with Crippen LogP contribution < -0.4 is 11.1 Å². The van der Waals surface area contributed by atoms with E-state index in [1.807, 2.05) is 35.2 Å². The third-order valence-electron chi connectivity index (χ3n) is 8.64. The first-order chi connectivity index (χ1) is 20.0. The number of imidazole rings is 1. The zero-order valence-corrected chi connectivity index (χ0v) is 24.4. The van der Waals surface area contributed by atoms with Crippen molar-refractivity contribution in [2.45, 2.75) is 88.8 Å². The topological polar surface area (TPSA) is 102 Å². The second-order valence-corrected chi connectivity index (χ2v) is 11.8. The molecule has 1 aliphatic carbocycles. The zero-order chi connectivity index (χ0) is 28.6. The van der Waals surface area contributed by atoms with E-state index in [4.69, 9.17) is 15.5 Å². The van der Waals surface area contributed by atoms with Crippen LogP contribution in [0.5, 0.6) is 0 Å². The van der Waals surface area contributed by atoms with Crippen LogP contribution in [0.2, 0.25) is 0 Å². The molecule has 2 fully saturated rings. The Hall–Kier alpha value is -3.23. The van der Waals surface area contributed by atoms with Gasteiger partial charge < -0.3 is 25.3 Å². The van der Waals surface area contributed by atoms with Crippen molar-refractivity contribution >= 4 is 22.8 Å². The van der Waals surface area contributed by atoms with Gasteiger partial charge in [-0.05, 0) is 68.4 Å². The molecule has 2 aliphatic rings. The molecule has 2 atom stereocenters. The zero-order valence-electron chi connectivity index (χ0n) is 24.4. The van der Waals surface area contributed by atoms with Gasteiger partial charge in [0.25, 0.3) is 5.91 Å². The number of benzene rings is 2. The first-order valence-corrected chi connectivity index (χ1v) is 15.4. The lowest BCUT2D eigenvalue weighted by atomic mass is 9.95. The molecule has 2 aromatic carbocycles. The van der Waals surface area contributed by atoms with E-state index in [1.165, 1.54) is 19.3 Å². The standard InChI is InChI=1S/C33H45N5O3/c1-41-20-8-19-38-30-13-6-5-12-29(30)36-32(38)26-9-7-18-37(23-26)31(39)22-27(34)21-24-14-16-25(17-15-24)33(40)35-28-10-3-2-4-11-28/h5-6,12-17,26-28H,2-4,7-11,18-23,34H2,1H3,(H,35,40). The minimum Gasteiger partial charge on any atom is -0.385 e. The maximum atomic E-state index is 13.3. The molecule has 8 nitrogen and oxygen atoms in total. The third kappa shape index (κ3) is 7.54. The summed E-state index contributed by atoms with van der Waals surface area (Å²) in [7, 11) is 1.73. The molecule has 41 heavy (non-hydrogen) atoms. The van der Waals surface area contributed by atoms with Gasteiger partial charge >= 0.3 is 0 Å². The third-order valence-corrected chi connectivity index (χ3v) is 8.64. The Kier molecular flexibility index (Phi) is 10.1. The fourth-order valence-corrected chi connectivity index (χ4v) is 6.46. The number of carbonyl (C=O) groups excluding carboxylic acids is 2. The minimum atomic E-state index is -0.275. The molecule has 3 N–H and O–H groups in total. The molecular formula is C33H45N5O3. The number of nitrogens with one attached hydrogen (secondary N) is 1. The summed E-state index contributed by atoms with van der Waals surface area (Å²) in [5, 5.41) is 3.17. The molecule has 2 heterocycles. The van der Waals surface area contributed by atoms with Crippen LogP contribution >= 0.6 is 0 Å². The van der Waals surface area contributed by atoms with Gasteiger partial charge in [-0.15, -0.1) is 0 Å². The summed E-state index contributed by atoms with van der Waals surface area (Å²) >= 11 is 0. The Balaban J connectivity index is 1.16. The van der Waals surface area contributed by atoms with E-state index in [0.717, 1.165) is 67.6 Å². The Morgan fingerprint density at radius 3 is 2.61 bits per heavy atom. The molecule has 0 spiro atoms. The fourth-order valence-electron chi connectivity index (χ4n) is 6.46. The van der Waals surface area contributed by atoms with Crippen molar-refractivity contribution in [1.29, 1.82) is 0 Å². The Morgan fingerprint density at radius 2 is 1.83 bits per heavy atom. The SMILES string of the molecule is COCCCn1c(C2CCCN(C(=O)CC(N)Cc3ccc(C(=O)NC4CCCCC4)cc3)C2)nc2ccccc21. The molecule has 1 saturated carbocycles. The molecule has 1 aromatic heterocycles. The van der Waals surface area contributed by atoms with Crippen molar-refractivity contribution in [3.63, 3.8) is 0 Å². The Labute approximate surface area is 243 Å². The first-order valence-electron chi connectivity index (χ1n) is 15.4. The van der Waals surface area contributed by atoms with E-state index in [9.17, 15) is 9.59 Å². The number of rotatable bonds is 11. The van der Waals surface area contributed by atoms with Crippen LogP contribution in [0.15, 0.2) is 48.5 Å². The molecule has 1 aliphatic heterocycles. The first kappa shape index (κ1) is 29.3. The number of fused-ring (bicyclic) bond motifs is 1. The van der Waals surface area contributed by atoms with Crippen molar-refractivity contribution < 1.29 is 14.3 Å². The monoisotopic (exact) mass is 559 g/mol. The molecule has 220 valence electrons. The van der Waals surface area contributed by atoms with Crippen molar-refractivity contribution in [1.82, 2.24) is 19.8 Å². The van der Waals surface area contributed by atoms with Gasteiger partial charge in [0.05, 0.1) is 11.0 Å². The van der Waals surface area contributed by atoms with E-state index >= 15 is 0 Å². The molecule has 1 saturated heterocycles. The van der Waals surface area contributed by atoms with Crippen LogP contribution in [-0.2, 0) is 22.5 Å². The van der Waals surface area contributed by atoms with Crippen LogP contribution in [0.25, 0.3) is 11.0 Å². The maximum absolute atomic E-state index is 13.3. The van der Waals surface area contributed by atoms with Crippen LogP contribution in [0, 0.1) is 0 Å². The minimum absolute atomic E-state index is 0.00481. The number of carbonyl (C=O) groups is 2. The summed E-state index contributed by atoms with van der Waals surface area (Å²) in [6.07, 6.45) is 9.58. The van der Waals surface area contributed by atoms with Crippen molar-refractivity contribution in [3.8, 4) is 0 Å². The van der Waals surface area contributed by atoms with Gasteiger partial charge in [-0.25, -0.2) is 4.98 Å². The van der Waals surface area contributed by atoms with Gasteiger partial charge in [0, 0.05) is 63.3 Å². The molecule has 2 unspecified atom stereocenters. The number of amides is 2. The highest BCUT2D eigenvalue weighted by Gasteiger charge is 2.29. The van der Waals surface area contributed by atoms with Crippen LogP contribution in [0.4, 0.5) is 0 Å². The van der Waals surface area contributed by atoms with Crippen molar-refractivity contribution in [3.05, 3.63) is 65.5 Å². The average molecular weight is 560 g/mol. The van der Waals surface area contributed by atoms with Crippen molar-refractivity contribution in [2.75, 3.05) is 26.8 Å². The van der Waals surface area contributed by atoms with Crippen molar-refractivity contribution in [2.24, 2.45) is 5.73 Å². The number of piperidine rings is 1. The number of likely N-dealkylation sites (tertiary alicyclic amines) is 1. The van der Waals surface area contributed by atoms with Crippen LogP contribution in [0.1, 0.15) is 85.5 Å². The Morgan fingerprint density at radius 1 is 1.05 bits per heavy atom. The molecule has 3 aromatic rings. The number of nitrogens with zero attached hydrogens (tertiary/aromatic N) is 3. The lowest BCUT2D eigenvalue weighted by molar-refractivity contribution is -0.132. The number of nitrogens with two attached hydrogens (primary N) is 1. The molecule has 8 heteroatoms.